The van der Waals surface area contributed by atoms with Crippen molar-refractivity contribution in [1.82, 2.24) is 4.72 Å². The molecule has 2 aliphatic rings. The summed E-state index contributed by atoms with van der Waals surface area (Å²) in [7, 11) is -3.92. The number of nitrogens with zero attached hydrogens (tertiary/aromatic N) is 1. The first kappa shape index (κ1) is 22.7. The molecule has 2 aromatic carbocycles. The summed E-state index contributed by atoms with van der Waals surface area (Å²) in [6.45, 7) is 1.42. The fourth-order valence-corrected chi connectivity index (χ4v) is 5.40. The Kier molecular flexibility index (Phi) is 6.80. The molecule has 2 fully saturated rings. The second kappa shape index (κ2) is 9.58. The van der Waals surface area contributed by atoms with Gasteiger partial charge in [0.05, 0.1) is 11.1 Å². The van der Waals surface area contributed by atoms with Gasteiger partial charge in [-0.1, -0.05) is 17.7 Å². The molecule has 2 N–H and O–H groups in total. The minimum absolute atomic E-state index is 0.0240. The molecule has 2 aromatic rings. The molecule has 0 aliphatic carbocycles. The molecule has 0 aromatic heterocycles. The lowest BCUT2D eigenvalue weighted by atomic mass is 10.2. The Morgan fingerprint density at radius 3 is 2.75 bits per heavy atom. The van der Waals surface area contributed by atoms with E-state index in [0.29, 0.717) is 30.9 Å². The summed E-state index contributed by atoms with van der Waals surface area (Å²) in [4.78, 5) is 26.3. The number of carbonyl (C=O) groups is 2. The van der Waals surface area contributed by atoms with Crippen molar-refractivity contribution in [2.45, 2.75) is 36.7 Å². The van der Waals surface area contributed by atoms with Gasteiger partial charge in [-0.2, -0.15) is 0 Å². The van der Waals surface area contributed by atoms with Crippen LogP contribution in [0, 0.1) is 0 Å². The maximum atomic E-state index is 12.8. The highest BCUT2D eigenvalue weighted by atomic mass is 35.5. The molecule has 0 spiro atoms. The molecule has 170 valence electrons. The number of amides is 2. The van der Waals surface area contributed by atoms with Crippen molar-refractivity contribution in [2.75, 3.05) is 29.9 Å². The van der Waals surface area contributed by atoms with Gasteiger partial charge in [-0.25, -0.2) is 13.1 Å². The zero-order valence-electron chi connectivity index (χ0n) is 17.3. The van der Waals surface area contributed by atoms with Gasteiger partial charge in [0.15, 0.2) is 0 Å². The van der Waals surface area contributed by atoms with Gasteiger partial charge < -0.3 is 15.0 Å². The molecule has 0 bridgehead atoms. The van der Waals surface area contributed by atoms with E-state index in [2.05, 4.69) is 10.0 Å². The third-order valence-corrected chi connectivity index (χ3v) is 7.40. The van der Waals surface area contributed by atoms with Gasteiger partial charge in [0, 0.05) is 43.1 Å². The number of benzene rings is 2. The van der Waals surface area contributed by atoms with Crippen molar-refractivity contribution in [1.29, 1.82) is 0 Å². The van der Waals surface area contributed by atoms with E-state index in [1.807, 2.05) is 6.07 Å². The molecule has 2 amide bonds. The largest absolute Gasteiger partial charge is 0.377 e. The van der Waals surface area contributed by atoms with Crippen LogP contribution in [-0.2, 0) is 19.6 Å². The van der Waals surface area contributed by atoms with E-state index in [0.717, 1.165) is 19.3 Å². The zero-order chi connectivity index (χ0) is 22.7. The first-order chi connectivity index (χ1) is 15.3. The van der Waals surface area contributed by atoms with E-state index in [1.54, 1.807) is 23.1 Å². The normalized spacial score (nSPS) is 18.8. The predicted octanol–water partition coefficient (Wildman–Crippen LogP) is 3.18. The van der Waals surface area contributed by atoms with Gasteiger partial charge in [-0.15, -0.1) is 0 Å². The van der Waals surface area contributed by atoms with Crippen LogP contribution in [0.25, 0.3) is 0 Å². The standard InChI is InChI=1S/C22H24ClN3O5S/c23-19-9-8-15(12-20(19)32(29,30)24-14-18-6-3-11-31-18)22(28)25-16-4-1-5-17(13-16)26-10-2-7-21(26)27/h1,4-5,8-9,12-13,18,24H,2-3,6-7,10-11,14H2,(H,25,28)/t18-/m1/s1. The third kappa shape index (κ3) is 5.12. The van der Waals surface area contributed by atoms with Gasteiger partial charge >= 0.3 is 0 Å². The number of anilines is 2. The molecule has 1 atom stereocenters. The monoisotopic (exact) mass is 477 g/mol. The molecule has 4 rings (SSSR count). The van der Waals surface area contributed by atoms with Crippen LogP contribution < -0.4 is 14.9 Å². The number of sulfonamides is 1. The molecule has 0 unspecified atom stereocenters. The quantitative estimate of drug-likeness (QED) is 0.637. The van der Waals surface area contributed by atoms with Crippen molar-refractivity contribution in [2.24, 2.45) is 0 Å². The molecule has 32 heavy (non-hydrogen) atoms. The van der Waals surface area contributed by atoms with E-state index < -0.39 is 15.9 Å². The number of carbonyl (C=O) groups excluding carboxylic acids is 2. The Morgan fingerprint density at radius 1 is 1.19 bits per heavy atom. The lowest BCUT2D eigenvalue weighted by Crippen LogP contribution is -2.32. The Labute approximate surface area is 191 Å². The third-order valence-electron chi connectivity index (χ3n) is 5.50. The van der Waals surface area contributed by atoms with Crippen LogP contribution >= 0.6 is 11.6 Å². The van der Waals surface area contributed by atoms with Crippen molar-refractivity contribution >= 4 is 44.8 Å². The highest BCUT2D eigenvalue weighted by Gasteiger charge is 2.24. The van der Waals surface area contributed by atoms with Crippen LogP contribution in [0.5, 0.6) is 0 Å². The van der Waals surface area contributed by atoms with E-state index in [4.69, 9.17) is 16.3 Å². The van der Waals surface area contributed by atoms with E-state index in [9.17, 15) is 18.0 Å². The molecule has 2 heterocycles. The highest BCUT2D eigenvalue weighted by Crippen LogP contribution is 2.26. The summed E-state index contributed by atoms with van der Waals surface area (Å²) < 4.78 is 33.4. The van der Waals surface area contributed by atoms with E-state index >= 15 is 0 Å². The van der Waals surface area contributed by atoms with E-state index in [-0.39, 0.29) is 34.0 Å². The minimum Gasteiger partial charge on any atom is -0.377 e. The van der Waals surface area contributed by atoms with Gasteiger partial charge in [0.1, 0.15) is 4.90 Å². The molecule has 0 saturated carbocycles. The maximum Gasteiger partial charge on any atom is 0.255 e. The molecule has 2 saturated heterocycles. The summed E-state index contributed by atoms with van der Waals surface area (Å²) in [6, 6.07) is 11.1. The molecular weight excluding hydrogens is 454 g/mol. The first-order valence-corrected chi connectivity index (χ1v) is 12.3. The maximum absolute atomic E-state index is 12.8. The van der Waals surface area contributed by atoms with Crippen molar-refractivity contribution < 1.29 is 22.7 Å². The fraction of sp³-hybridized carbons (Fsp3) is 0.364. The van der Waals surface area contributed by atoms with Crippen molar-refractivity contribution in [3.8, 4) is 0 Å². The van der Waals surface area contributed by atoms with Gasteiger partial charge in [0.25, 0.3) is 5.91 Å². The smallest absolute Gasteiger partial charge is 0.255 e. The molecule has 10 heteroatoms. The van der Waals surface area contributed by atoms with Crippen LogP contribution in [0.3, 0.4) is 0 Å². The molecule has 2 aliphatic heterocycles. The second-order valence-electron chi connectivity index (χ2n) is 7.79. The number of hydrogen-bond acceptors (Lipinski definition) is 5. The van der Waals surface area contributed by atoms with Gasteiger partial charge in [-0.3, -0.25) is 9.59 Å². The van der Waals surface area contributed by atoms with E-state index in [1.165, 1.54) is 18.2 Å². The minimum atomic E-state index is -3.92. The Hall–Kier alpha value is -2.46. The highest BCUT2D eigenvalue weighted by molar-refractivity contribution is 7.89. The topological polar surface area (TPSA) is 105 Å². The van der Waals surface area contributed by atoms with Crippen LogP contribution in [0.2, 0.25) is 5.02 Å². The SMILES string of the molecule is O=C(Nc1cccc(N2CCCC2=O)c1)c1ccc(Cl)c(S(=O)(=O)NC[C@H]2CCCO2)c1. The molecular formula is C22H24ClN3O5S. The average molecular weight is 478 g/mol. The van der Waals surface area contributed by atoms with Crippen LogP contribution in [0.15, 0.2) is 47.4 Å². The van der Waals surface area contributed by atoms with Crippen molar-refractivity contribution in [3.05, 3.63) is 53.1 Å². The zero-order valence-corrected chi connectivity index (χ0v) is 18.9. The predicted molar refractivity (Wildman–Crippen MR) is 122 cm³/mol. The van der Waals surface area contributed by atoms with Crippen LogP contribution in [-0.4, -0.2) is 46.0 Å². The Balaban J connectivity index is 1.49. The summed E-state index contributed by atoms with van der Waals surface area (Å²) in [6.07, 6.45) is 2.85. The second-order valence-corrected chi connectivity index (χ2v) is 9.93. The van der Waals surface area contributed by atoms with Gasteiger partial charge in [0.2, 0.25) is 15.9 Å². The lowest BCUT2D eigenvalue weighted by molar-refractivity contribution is -0.117. The fourth-order valence-electron chi connectivity index (χ4n) is 3.81. The number of rotatable bonds is 7. The van der Waals surface area contributed by atoms with Crippen LogP contribution in [0.4, 0.5) is 11.4 Å². The van der Waals surface area contributed by atoms with Gasteiger partial charge in [-0.05, 0) is 55.7 Å². The Morgan fingerprint density at radius 2 is 2.03 bits per heavy atom. The molecule has 0 radical (unpaired) electrons. The van der Waals surface area contributed by atoms with Crippen LogP contribution in [0.1, 0.15) is 36.0 Å². The average Bonchev–Trinajstić information content (AvgIpc) is 3.44. The first-order valence-electron chi connectivity index (χ1n) is 10.5. The number of halogens is 1. The molecule has 8 nitrogen and oxygen atoms in total. The number of hydrogen-bond donors (Lipinski definition) is 2. The summed E-state index contributed by atoms with van der Waals surface area (Å²) in [5.74, 6) is -0.432. The Bertz CT molecular complexity index is 1130. The summed E-state index contributed by atoms with van der Waals surface area (Å²) in [5.41, 5.74) is 1.36. The number of ether oxygens (including phenoxy) is 1. The number of nitrogens with one attached hydrogen (secondary N) is 2. The summed E-state index contributed by atoms with van der Waals surface area (Å²) >= 11 is 6.13. The van der Waals surface area contributed by atoms with Crippen molar-refractivity contribution in [3.63, 3.8) is 0 Å². The lowest BCUT2D eigenvalue weighted by Gasteiger charge is -2.17. The summed E-state index contributed by atoms with van der Waals surface area (Å²) in [5, 5.41) is 2.78.